The number of hydrogen-bond acceptors (Lipinski definition) is 6. The first-order valence-corrected chi connectivity index (χ1v) is 6.80. The molecule has 0 saturated carbocycles. The van der Waals surface area contributed by atoms with Gasteiger partial charge in [0, 0.05) is 32.4 Å². The Kier molecular flexibility index (Phi) is 3.73. The summed E-state index contributed by atoms with van der Waals surface area (Å²) in [5.41, 5.74) is 1.13. The van der Waals surface area contributed by atoms with Crippen molar-refractivity contribution in [3.8, 4) is 0 Å². The van der Waals surface area contributed by atoms with Crippen molar-refractivity contribution in [3.63, 3.8) is 0 Å². The van der Waals surface area contributed by atoms with Crippen LogP contribution in [-0.2, 0) is 0 Å². The molecule has 2 aromatic rings. The van der Waals surface area contributed by atoms with Crippen LogP contribution in [0.5, 0.6) is 0 Å². The van der Waals surface area contributed by atoms with Gasteiger partial charge in [0.1, 0.15) is 5.82 Å². The molecule has 1 aliphatic rings. The number of piperazine rings is 1. The lowest BCUT2D eigenvalue weighted by Gasteiger charge is -2.27. The van der Waals surface area contributed by atoms with E-state index in [-0.39, 0.29) is 0 Å². The summed E-state index contributed by atoms with van der Waals surface area (Å²) in [5, 5.41) is 15.0. The first kappa shape index (κ1) is 12.8. The molecule has 0 radical (unpaired) electrons. The summed E-state index contributed by atoms with van der Waals surface area (Å²) in [6.45, 7) is 5.95. The normalized spacial score (nSPS) is 15.2. The first-order chi connectivity index (χ1) is 9.81. The van der Waals surface area contributed by atoms with Crippen LogP contribution in [-0.4, -0.2) is 41.4 Å². The lowest BCUT2D eigenvalue weighted by atomic mass is 10.3. The van der Waals surface area contributed by atoms with Crippen LogP contribution < -0.4 is 15.5 Å². The van der Waals surface area contributed by atoms with Crippen LogP contribution in [0.4, 0.5) is 17.5 Å². The van der Waals surface area contributed by atoms with Gasteiger partial charge in [0.15, 0.2) is 11.6 Å². The summed E-state index contributed by atoms with van der Waals surface area (Å²) in [6, 6.07) is 7.87. The third-order valence-corrected chi connectivity index (χ3v) is 3.26. The van der Waals surface area contributed by atoms with Crippen molar-refractivity contribution in [1.29, 1.82) is 0 Å². The summed E-state index contributed by atoms with van der Waals surface area (Å²) >= 11 is 0. The average Bonchev–Trinajstić information content (AvgIpc) is 2.51. The second kappa shape index (κ2) is 5.83. The number of nitrogens with zero attached hydrogens (tertiary/aromatic N) is 4. The van der Waals surface area contributed by atoms with E-state index in [4.69, 9.17) is 0 Å². The van der Waals surface area contributed by atoms with E-state index in [1.165, 1.54) is 0 Å². The Labute approximate surface area is 118 Å². The van der Waals surface area contributed by atoms with E-state index in [1.54, 1.807) is 0 Å². The smallest absolute Gasteiger partial charge is 0.154 e. The van der Waals surface area contributed by atoms with Gasteiger partial charge < -0.3 is 15.5 Å². The van der Waals surface area contributed by atoms with E-state index in [9.17, 15) is 0 Å². The second-order valence-corrected chi connectivity index (χ2v) is 4.86. The molecule has 0 atom stereocenters. The number of pyridine rings is 1. The second-order valence-electron chi connectivity index (χ2n) is 4.86. The van der Waals surface area contributed by atoms with Gasteiger partial charge in [-0.3, -0.25) is 0 Å². The van der Waals surface area contributed by atoms with Crippen molar-refractivity contribution < 1.29 is 0 Å². The van der Waals surface area contributed by atoms with Crippen molar-refractivity contribution in [2.24, 2.45) is 0 Å². The van der Waals surface area contributed by atoms with Crippen LogP contribution in [0.2, 0.25) is 0 Å². The van der Waals surface area contributed by atoms with Crippen molar-refractivity contribution in [1.82, 2.24) is 20.5 Å². The van der Waals surface area contributed by atoms with Gasteiger partial charge in [0.05, 0.1) is 0 Å². The van der Waals surface area contributed by atoms with Crippen LogP contribution in [0.1, 0.15) is 5.56 Å². The largest absolute Gasteiger partial charge is 0.353 e. The van der Waals surface area contributed by atoms with Crippen LogP contribution in [0.3, 0.4) is 0 Å². The number of aromatic nitrogens is 3. The van der Waals surface area contributed by atoms with Crippen molar-refractivity contribution in [2.45, 2.75) is 6.92 Å². The lowest BCUT2D eigenvalue weighted by molar-refractivity contribution is 0.583. The third-order valence-electron chi connectivity index (χ3n) is 3.26. The molecule has 1 aliphatic heterocycles. The highest BCUT2D eigenvalue weighted by molar-refractivity contribution is 5.53. The summed E-state index contributed by atoms with van der Waals surface area (Å²) in [6.07, 6.45) is 1.82. The highest BCUT2D eigenvalue weighted by Crippen LogP contribution is 2.15. The summed E-state index contributed by atoms with van der Waals surface area (Å²) in [4.78, 5) is 6.52. The van der Waals surface area contributed by atoms with Gasteiger partial charge in [-0.05, 0) is 30.7 Å². The standard InChI is InChI=1S/C14H18N6/c1-11-2-3-12(16-10-11)17-13-4-5-14(19-18-13)20-8-6-15-7-9-20/h2-5,10,15H,6-9H2,1H3,(H,16,17,18). The molecule has 2 aromatic heterocycles. The summed E-state index contributed by atoms with van der Waals surface area (Å²) in [7, 11) is 0. The Morgan fingerprint density at radius 1 is 1.05 bits per heavy atom. The molecule has 0 aliphatic carbocycles. The molecule has 2 N–H and O–H groups in total. The molecular weight excluding hydrogens is 252 g/mol. The minimum Gasteiger partial charge on any atom is -0.353 e. The number of rotatable bonds is 3. The molecule has 6 nitrogen and oxygen atoms in total. The van der Waals surface area contributed by atoms with Crippen molar-refractivity contribution in [3.05, 3.63) is 36.0 Å². The molecule has 0 spiro atoms. The van der Waals surface area contributed by atoms with Crippen LogP contribution >= 0.6 is 0 Å². The minimum absolute atomic E-state index is 0.709. The summed E-state index contributed by atoms with van der Waals surface area (Å²) in [5.74, 6) is 2.41. The molecular formula is C14H18N6. The monoisotopic (exact) mass is 270 g/mol. The zero-order chi connectivity index (χ0) is 13.8. The Bertz CT molecular complexity index is 545. The fourth-order valence-corrected chi connectivity index (χ4v) is 2.13. The molecule has 20 heavy (non-hydrogen) atoms. The average molecular weight is 270 g/mol. The fourth-order valence-electron chi connectivity index (χ4n) is 2.13. The predicted molar refractivity (Wildman–Crippen MR) is 79.4 cm³/mol. The number of anilines is 3. The molecule has 6 heteroatoms. The lowest BCUT2D eigenvalue weighted by Crippen LogP contribution is -2.43. The zero-order valence-corrected chi connectivity index (χ0v) is 11.5. The third kappa shape index (κ3) is 3.03. The molecule has 1 saturated heterocycles. The molecule has 0 unspecified atom stereocenters. The van der Waals surface area contributed by atoms with E-state index in [2.05, 4.69) is 30.7 Å². The molecule has 0 aromatic carbocycles. The van der Waals surface area contributed by atoms with Gasteiger partial charge in [-0.15, -0.1) is 10.2 Å². The van der Waals surface area contributed by atoms with E-state index >= 15 is 0 Å². The minimum atomic E-state index is 0.709. The molecule has 1 fully saturated rings. The molecule has 104 valence electrons. The van der Waals surface area contributed by atoms with E-state index in [0.29, 0.717) is 5.82 Å². The molecule has 0 bridgehead atoms. The Morgan fingerprint density at radius 2 is 1.85 bits per heavy atom. The SMILES string of the molecule is Cc1ccc(Nc2ccc(N3CCNCC3)nn2)nc1. The van der Waals surface area contributed by atoms with Gasteiger partial charge in [0.2, 0.25) is 0 Å². The zero-order valence-electron chi connectivity index (χ0n) is 11.5. The van der Waals surface area contributed by atoms with E-state index in [0.717, 1.165) is 43.4 Å². The van der Waals surface area contributed by atoms with Gasteiger partial charge in [0.25, 0.3) is 0 Å². The molecule has 0 amide bonds. The van der Waals surface area contributed by atoms with Crippen LogP contribution in [0.15, 0.2) is 30.5 Å². The summed E-state index contributed by atoms with van der Waals surface area (Å²) < 4.78 is 0. The quantitative estimate of drug-likeness (QED) is 0.877. The number of nitrogens with one attached hydrogen (secondary N) is 2. The topological polar surface area (TPSA) is 66.0 Å². The van der Waals surface area contributed by atoms with Crippen molar-refractivity contribution >= 4 is 17.5 Å². The van der Waals surface area contributed by atoms with Crippen LogP contribution in [0.25, 0.3) is 0 Å². The Morgan fingerprint density at radius 3 is 2.50 bits per heavy atom. The highest BCUT2D eigenvalue weighted by Gasteiger charge is 2.11. The van der Waals surface area contributed by atoms with Crippen molar-refractivity contribution in [2.75, 3.05) is 36.4 Å². The number of hydrogen-bond donors (Lipinski definition) is 2. The first-order valence-electron chi connectivity index (χ1n) is 6.80. The molecule has 3 heterocycles. The highest BCUT2D eigenvalue weighted by atomic mass is 15.3. The fraction of sp³-hybridized carbons (Fsp3) is 0.357. The Hall–Kier alpha value is -2.21. The van der Waals surface area contributed by atoms with Gasteiger partial charge in [-0.1, -0.05) is 6.07 Å². The Balaban J connectivity index is 1.67. The maximum atomic E-state index is 4.29. The van der Waals surface area contributed by atoms with Gasteiger partial charge in [-0.2, -0.15) is 0 Å². The van der Waals surface area contributed by atoms with Gasteiger partial charge >= 0.3 is 0 Å². The number of aryl methyl sites for hydroxylation is 1. The molecule has 3 rings (SSSR count). The van der Waals surface area contributed by atoms with E-state index in [1.807, 2.05) is 37.4 Å². The maximum Gasteiger partial charge on any atom is 0.154 e. The van der Waals surface area contributed by atoms with E-state index < -0.39 is 0 Å². The van der Waals surface area contributed by atoms with Gasteiger partial charge in [-0.25, -0.2) is 4.98 Å². The maximum absolute atomic E-state index is 4.29. The van der Waals surface area contributed by atoms with Crippen LogP contribution in [0, 0.1) is 6.92 Å². The predicted octanol–water partition coefficient (Wildman–Crippen LogP) is 1.33.